The topological polar surface area (TPSA) is 75.6 Å². The molecule has 1 unspecified atom stereocenters. The van der Waals surface area contributed by atoms with E-state index in [0.717, 1.165) is 17.0 Å². The lowest BCUT2D eigenvalue weighted by molar-refractivity contribution is -0.136. The van der Waals surface area contributed by atoms with Crippen LogP contribution in [0.4, 0.5) is 0 Å². The SMILES string of the molecule is CCC(Oc1cc(C)c(I)c(C)c1)c1ccc(C(=O)NCCC(=O)O)s1. The summed E-state index contributed by atoms with van der Waals surface area (Å²) in [6.45, 7) is 6.29. The maximum absolute atomic E-state index is 12.1. The summed E-state index contributed by atoms with van der Waals surface area (Å²) in [5.41, 5.74) is 2.36. The number of hydrogen-bond acceptors (Lipinski definition) is 4. The number of carbonyl (C=O) groups excluding carboxylic acids is 1. The molecule has 1 atom stereocenters. The number of aryl methyl sites for hydroxylation is 2. The van der Waals surface area contributed by atoms with Gasteiger partial charge in [-0.25, -0.2) is 0 Å². The zero-order valence-electron chi connectivity index (χ0n) is 15.0. The molecule has 0 aliphatic rings. The van der Waals surface area contributed by atoms with Crippen molar-refractivity contribution in [3.63, 3.8) is 0 Å². The highest BCUT2D eigenvalue weighted by molar-refractivity contribution is 14.1. The lowest BCUT2D eigenvalue weighted by Crippen LogP contribution is -2.25. The zero-order chi connectivity index (χ0) is 19.3. The van der Waals surface area contributed by atoms with E-state index in [1.54, 1.807) is 6.07 Å². The Morgan fingerprint density at radius 1 is 1.27 bits per heavy atom. The normalized spacial score (nSPS) is 11.8. The number of ether oxygens (including phenoxy) is 1. The van der Waals surface area contributed by atoms with Gasteiger partial charge in [-0.15, -0.1) is 11.3 Å². The van der Waals surface area contributed by atoms with Gasteiger partial charge in [-0.2, -0.15) is 0 Å². The lowest BCUT2D eigenvalue weighted by atomic mass is 10.1. The second-order valence-electron chi connectivity index (χ2n) is 5.99. The summed E-state index contributed by atoms with van der Waals surface area (Å²) >= 11 is 3.71. The first-order valence-corrected chi connectivity index (χ1v) is 10.2. The van der Waals surface area contributed by atoms with Crippen LogP contribution in [0.2, 0.25) is 0 Å². The Morgan fingerprint density at radius 2 is 1.92 bits per heavy atom. The molecule has 0 saturated carbocycles. The molecule has 0 fully saturated rings. The third-order valence-electron chi connectivity index (χ3n) is 3.85. The largest absolute Gasteiger partial charge is 0.485 e. The van der Waals surface area contributed by atoms with E-state index in [0.29, 0.717) is 4.88 Å². The predicted octanol–water partition coefficient (Wildman–Crippen LogP) is 4.70. The summed E-state index contributed by atoms with van der Waals surface area (Å²) in [5.74, 6) is -0.355. The van der Waals surface area contributed by atoms with Crippen LogP contribution in [-0.2, 0) is 4.79 Å². The molecule has 0 saturated heterocycles. The van der Waals surface area contributed by atoms with Gasteiger partial charge in [0, 0.05) is 15.0 Å². The van der Waals surface area contributed by atoms with Crippen LogP contribution in [0.3, 0.4) is 0 Å². The van der Waals surface area contributed by atoms with Crippen LogP contribution in [0.15, 0.2) is 24.3 Å². The number of carboxylic acid groups (broad SMARTS) is 1. The van der Waals surface area contributed by atoms with Gasteiger partial charge in [0.2, 0.25) is 0 Å². The molecule has 5 nitrogen and oxygen atoms in total. The molecular formula is C19H22INO4S. The fourth-order valence-electron chi connectivity index (χ4n) is 2.50. The summed E-state index contributed by atoms with van der Waals surface area (Å²) < 4.78 is 7.41. The molecule has 0 aliphatic heterocycles. The quantitative estimate of drug-likeness (QED) is 0.530. The van der Waals surface area contributed by atoms with Gasteiger partial charge in [-0.1, -0.05) is 6.92 Å². The number of nitrogens with one attached hydrogen (secondary N) is 1. The van der Waals surface area contributed by atoms with E-state index in [1.165, 1.54) is 26.0 Å². The monoisotopic (exact) mass is 487 g/mol. The molecule has 26 heavy (non-hydrogen) atoms. The zero-order valence-corrected chi connectivity index (χ0v) is 17.9. The summed E-state index contributed by atoms with van der Waals surface area (Å²) in [5, 5.41) is 11.3. The maximum atomic E-state index is 12.1. The highest BCUT2D eigenvalue weighted by Crippen LogP contribution is 2.32. The van der Waals surface area contributed by atoms with Crippen LogP contribution >= 0.6 is 33.9 Å². The second kappa shape index (κ2) is 9.36. The number of amides is 1. The Bertz CT molecular complexity index is 780. The summed E-state index contributed by atoms with van der Waals surface area (Å²) in [6, 6.07) is 7.72. The molecule has 2 aromatic rings. The van der Waals surface area contributed by atoms with Crippen molar-refractivity contribution >= 4 is 45.8 Å². The molecule has 0 spiro atoms. The van der Waals surface area contributed by atoms with Crippen molar-refractivity contribution in [1.82, 2.24) is 5.32 Å². The van der Waals surface area contributed by atoms with Gasteiger partial charge in [0.15, 0.2) is 0 Å². The van der Waals surface area contributed by atoms with Crippen molar-refractivity contribution in [2.45, 2.75) is 39.7 Å². The first-order chi connectivity index (χ1) is 12.3. The van der Waals surface area contributed by atoms with Crippen LogP contribution in [0.1, 0.15) is 51.5 Å². The van der Waals surface area contributed by atoms with Crippen molar-refractivity contribution in [1.29, 1.82) is 0 Å². The van der Waals surface area contributed by atoms with E-state index in [2.05, 4.69) is 41.8 Å². The predicted molar refractivity (Wildman–Crippen MR) is 111 cm³/mol. The van der Waals surface area contributed by atoms with Crippen molar-refractivity contribution < 1.29 is 19.4 Å². The van der Waals surface area contributed by atoms with Crippen molar-refractivity contribution in [3.8, 4) is 5.75 Å². The minimum absolute atomic E-state index is 0.0871. The van der Waals surface area contributed by atoms with Crippen molar-refractivity contribution in [2.75, 3.05) is 6.54 Å². The van der Waals surface area contributed by atoms with Gasteiger partial charge in [-0.3, -0.25) is 9.59 Å². The standard InChI is InChI=1S/C19H22INO4S/c1-4-14(25-13-9-11(2)18(20)12(3)10-13)15-5-6-16(26-15)19(24)21-8-7-17(22)23/h5-6,9-10,14H,4,7-8H2,1-3H3,(H,21,24)(H,22,23). The second-order valence-corrected chi connectivity index (χ2v) is 8.18. The third-order valence-corrected chi connectivity index (χ3v) is 6.73. The van der Waals surface area contributed by atoms with Gasteiger partial charge in [0.05, 0.1) is 11.3 Å². The Kier molecular flexibility index (Phi) is 7.45. The molecule has 1 aromatic carbocycles. The smallest absolute Gasteiger partial charge is 0.305 e. The van der Waals surface area contributed by atoms with E-state index in [4.69, 9.17) is 9.84 Å². The maximum Gasteiger partial charge on any atom is 0.305 e. The van der Waals surface area contributed by atoms with Crippen LogP contribution in [0, 0.1) is 17.4 Å². The molecule has 2 N–H and O–H groups in total. The number of rotatable bonds is 8. The van der Waals surface area contributed by atoms with E-state index < -0.39 is 5.97 Å². The van der Waals surface area contributed by atoms with Crippen molar-refractivity contribution in [3.05, 3.63) is 48.7 Å². The summed E-state index contributed by atoms with van der Waals surface area (Å²) in [6.07, 6.45) is 0.570. The van der Waals surface area contributed by atoms with Crippen LogP contribution in [0.25, 0.3) is 0 Å². The van der Waals surface area contributed by atoms with Gasteiger partial charge in [0.1, 0.15) is 11.9 Å². The van der Waals surface area contributed by atoms with Crippen molar-refractivity contribution in [2.24, 2.45) is 0 Å². The van der Waals surface area contributed by atoms with Crippen LogP contribution in [-0.4, -0.2) is 23.5 Å². The molecule has 7 heteroatoms. The Hall–Kier alpha value is -1.61. The minimum Gasteiger partial charge on any atom is -0.485 e. The summed E-state index contributed by atoms with van der Waals surface area (Å²) in [4.78, 5) is 24.2. The molecule has 1 aromatic heterocycles. The van der Waals surface area contributed by atoms with E-state index in [-0.39, 0.29) is 25.0 Å². The molecule has 1 amide bonds. The van der Waals surface area contributed by atoms with Gasteiger partial charge >= 0.3 is 5.97 Å². The average Bonchev–Trinajstić information content (AvgIpc) is 3.07. The molecule has 1 heterocycles. The molecule has 0 aliphatic carbocycles. The number of halogens is 1. The Labute approximate surface area is 170 Å². The number of carbonyl (C=O) groups is 2. The molecule has 0 radical (unpaired) electrons. The lowest BCUT2D eigenvalue weighted by Gasteiger charge is -2.18. The average molecular weight is 487 g/mol. The minimum atomic E-state index is -0.931. The van der Waals surface area contributed by atoms with Gasteiger partial charge in [-0.05, 0) is 78.3 Å². The third kappa shape index (κ3) is 5.44. The summed E-state index contributed by atoms with van der Waals surface area (Å²) in [7, 11) is 0. The number of carboxylic acids is 1. The highest BCUT2D eigenvalue weighted by atomic mass is 127. The van der Waals surface area contributed by atoms with E-state index >= 15 is 0 Å². The van der Waals surface area contributed by atoms with Crippen LogP contribution in [0.5, 0.6) is 5.75 Å². The first kappa shape index (κ1) is 20.7. The number of hydrogen-bond donors (Lipinski definition) is 2. The molecule has 2 rings (SSSR count). The van der Waals surface area contributed by atoms with E-state index in [9.17, 15) is 9.59 Å². The Morgan fingerprint density at radius 3 is 2.50 bits per heavy atom. The fraction of sp³-hybridized carbons (Fsp3) is 0.368. The van der Waals surface area contributed by atoms with Gasteiger partial charge in [0.25, 0.3) is 5.91 Å². The molecular weight excluding hydrogens is 465 g/mol. The Balaban J connectivity index is 2.08. The van der Waals surface area contributed by atoms with Crippen LogP contribution < -0.4 is 10.1 Å². The number of thiophene rings is 1. The molecule has 0 bridgehead atoms. The number of aliphatic carboxylic acids is 1. The van der Waals surface area contributed by atoms with Gasteiger partial charge < -0.3 is 15.2 Å². The first-order valence-electron chi connectivity index (χ1n) is 8.35. The fourth-order valence-corrected chi connectivity index (χ4v) is 3.85. The van der Waals surface area contributed by atoms with E-state index in [1.807, 2.05) is 25.1 Å². The number of benzene rings is 1. The molecule has 140 valence electrons. The highest BCUT2D eigenvalue weighted by Gasteiger charge is 2.17.